The summed E-state index contributed by atoms with van der Waals surface area (Å²) in [5.41, 5.74) is -0.285. The van der Waals surface area contributed by atoms with Crippen molar-refractivity contribution in [3.63, 3.8) is 0 Å². The van der Waals surface area contributed by atoms with Gasteiger partial charge in [-0.2, -0.15) is 0 Å². The number of aliphatic hydroxyl groups is 1. The van der Waals surface area contributed by atoms with Gasteiger partial charge in [0.1, 0.15) is 5.76 Å². The van der Waals surface area contributed by atoms with Crippen molar-refractivity contribution >= 4 is 29.8 Å². The van der Waals surface area contributed by atoms with Gasteiger partial charge in [-0.05, 0) is 57.5 Å². The van der Waals surface area contributed by atoms with Gasteiger partial charge in [0.2, 0.25) is 12.2 Å². The van der Waals surface area contributed by atoms with Gasteiger partial charge in [0.25, 0.3) is 0 Å². The van der Waals surface area contributed by atoms with E-state index in [1.165, 1.54) is 14.0 Å². The van der Waals surface area contributed by atoms with Crippen LogP contribution in [-0.2, 0) is 59.5 Å². The number of methoxy groups -OCH3 is 1. The fourth-order valence-corrected chi connectivity index (χ4v) is 7.30. The van der Waals surface area contributed by atoms with Crippen molar-refractivity contribution in [3.8, 4) is 11.5 Å². The number of unbranched alkanes of at least 4 members (excludes halogenated alkanes) is 1. The lowest BCUT2D eigenvalue weighted by atomic mass is 9.50. The molecule has 2 bridgehead atoms. The molecule has 1 aromatic carbocycles. The fourth-order valence-electron chi connectivity index (χ4n) is 7.30. The van der Waals surface area contributed by atoms with E-state index in [9.17, 15) is 29.1 Å². The maximum Gasteiger partial charge on any atom is 0.352 e. The minimum Gasteiger partial charge on any atom is -0.493 e. The molecule has 1 N–H and O–H groups in total. The molecule has 0 saturated carbocycles. The Kier molecular flexibility index (Phi) is 9.56. The second-order valence-electron chi connectivity index (χ2n) is 12.4. The highest BCUT2D eigenvalue weighted by Gasteiger charge is 2.72. The number of benzene rings is 1. The molecule has 1 saturated heterocycles. The first kappa shape index (κ1) is 34.2. The molecule has 0 unspecified atom stereocenters. The maximum atomic E-state index is 13.4. The predicted molar refractivity (Wildman–Crippen MR) is 160 cm³/mol. The number of carbonyl (C=O) groups excluding carboxylic acids is 5. The minimum atomic E-state index is -2.06. The number of nitrogens with zero attached hydrogens (tertiary/aromatic N) is 1. The third-order valence-corrected chi connectivity index (χ3v) is 9.47. The summed E-state index contributed by atoms with van der Waals surface area (Å²) >= 11 is 0. The Balaban J connectivity index is 1.37. The molecular weight excluding hydrogens is 618 g/mol. The second kappa shape index (κ2) is 13.1. The van der Waals surface area contributed by atoms with E-state index in [1.54, 1.807) is 6.08 Å². The van der Waals surface area contributed by atoms with Gasteiger partial charge >= 0.3 is 29.8 Å². The number of piperidine rings is 1. The molecular formula is C33H41NO13. The molecule has 2 heterocycles. The number of esters is 5. The van der Waals surface area contributed by atoms with Crippen LogP contribution in [-0.4, -0.2) is 103 Å². The van der Waals surface area contributed by atoms with E-state index in [4.69, 9.17) is 33.2 Å². The molecule has 14 heteroatoms. The molecule has 2 aliphatic carbocycles. The Morgan fingerprint density at radius 2 is 1.72 bits per heavy atom. The Bertz CT molecular complexity index is 1490. The largest absolute Gasteiger partial charge is 0.493 e. The quantitative estimate of drug-likeness (QED) is 0.195. The molecule has 1 aromatic rings. The number of likely N-dealkylation sites (tertiary alicyclic amines) is 1. The van der Waals surface area contributed by atoms with Crippen LogP contribution >= 0.6 is 0 Å². The lowest BCUT2D eigenvalue weighted by molar-refractivity contribution is -0.194. The van der Waals surface area contributed by atoms with E-state index in [1.807, 2.05) is 26.1 Å². The number of likely N-dealkylation sites (N-methyl/N-ethyl adjacent to an activating group) is 1. The third kappa shape index (κ3) is 5.81. The van der Waals surface area contributed by atoms with Crippen LogP contribution in [0.3, 0.4) is 0 Å². The van der Waals surface area contributed by atoms with E-state index < -0.39 is 65.3 Å². The van der Waals surface area contributed by atoms with Crippen LogP contribution in [0, 0.1) is 0 Å². The Morgan fingerprint density at radius 3 is 2.36 bits per heavy atom. The molecule has 14 nitrogen and oxygen atoms in total. The highest BCUT2D eigenvalue weighted by molar-refractivity contribution is 5.90. The number of hydrogen-bond acceptors (Lipinski definition) is 14. The van der Waals surface area contributed by atoms with Crippen LogP contribution in [0.15, 0.2) is 24.0 Å². The SMILES string of the molecule is CCCCOC(=O)[C@H](OC(C)=O)[C@@H](OC(C)=O)C(=O)O[C@@H](C)C(=O)OC1=CC[C@@]2(O)[C@H]3Cc4ccc(OC)c5c4[C@@]2(CCN3C)[C@H]1O5. The summed E-state index contributed by atoms with van der Waals surface area (Å²) in [7, 11) is 3.51. The van der Waals surface area contributed by atoms with Crippen molar-refractivity contribution < 1.29 is 62.2 Å². The summed E-state index contributed by atoms with van der Waals surface area (Å²) in [5.74, 6) is -4.24. The number of carbonyl (C=O) groups is 5. The summed E-state index contributed by atoms with van der Waals surface area (Å²) in [5, 5.41) is 12.4. The van der Waals surface area contributed by atoms with Crippen LogP contribution in [0.25, 0.3) is 0 Å². The molecule has 0 radical (unpaired) electrons. The van der Waals surface area contributed by atoms with Crippen LogP contribution in [0.5, 0.6) is 11.5 Å². The van der Waals surface area contributed by atoms with Gasteiger partial charge in [-0.15, -0.1) is 0 Å². The van der Waals surface area contributed by atoms with E-state index in [2.05, 4.69) is 4.90 Å². The van der Waals surface area contributed by atoms with Crippen molar-refractivity contribution in [3.05, 3.63) is 35.1 Å². The predicted octanol–water partition coefficient (Wildman–Crippen LogP) is 1.65. The number of hydrogen-bond donors (Lipinski definition) is 1. The summed E-state index contributed by atoms with van der Waals surface area (Å²) in [6.45, 7) is 5.73. The first-order valence-electron chi connectivity index (χ1n) is 15.7. The summed E-state index contributed by atoms with van der Waals surface area (Å²) in [6.07, 6.45) is -2.36. The Hall–Kier alpha value is -4.17. The van der Waals surface area contributed by atoms with E-state index in [0.29, 0.717) is 43.7 Å². The molecule has 1 fully saturated rings. The summed E-state index contributed by atoms with van der Waals surface area (Å²) in [4.78, 5) is 65.2. The molecule has 5 rings (SSSR count). The van der Waals surface area contributed by atoms with Gasteiger partial charge in [0.05, 0.1) is 24.7 Å². The number of ether oxygens (including phenoxy) is 7. The highest BCUT2D eigenvalue weighted by Crippen LogP contribution is 2.65. The Morgan fingerprint density at radius 1 is 1.04 bits per heavy atom. The van der Waals surface area contributed by atoms with E-state index in [0.717, 1.165) is 25.0 Å². The van der Waals surface area contributed by atoms with Crippen molar-refractivity contribution in [1.82, 2.24) is 4.90 Å². The highest BCUT2D eigenvalue weighted by atomic mass is 16.7. The van der Waals surface area contributed by atoms with Crippen LogP contribution < -0.4 is 9.47 Å². The van der Waals surface area contributed by atoms with Crippen molar-refractivity contribution in [2.45, 2.75) is 101 Å². The van der Waals surface area contributed by atoms with Crippen molar-refractivity contribution in [2.24, 2.45) is 0 Å². The smallest absolute Gasteiger partial charge is 0.352 e. The zero-order valence-electron chi connectivity index (χ0n) is 27.4. The fraction of sp³-hybridized carbons (Fsp3) is 0.606. The maximum absolute atomic E-state index is 13.4. The molecule has 2 aliphatic heterocycles. The topological polar surface area (TPSA) is 173 Å². The van der Waals surface area contributed by atoms with Crippen LogP contribution in [0.4, 0.5) is 0 Å². The van der Waals surface area contributed by atoms with Gasteiger partial charge in [-0.3, -0.25) is 9.59 Å². The molecule has 0 amide bonds. The monoisotopic (exact) mass is 659 g/mol. The minimum absolute atomic E-state index is 0.0269. The lowest BCUT2D eigenvalue weighted by Crippen LogP contribution is -2.74. The summed E-state index contributed by atoms with van der Waals surface area (Å²) in [6, 6.07) is 3.59. The first-order chi connectivity index (χ1) is 22.3. The molecule has 1 spiro atoms. The lowest BCUT2D eigenvalue weighted by Gasteiger charge is -2.61. The van der Waals surface area contributed by atoms with Gasteiger partial charge in [0.15, 0.2) is 23.7 Å². The normalized spacial score (nSPS) is 27.1. The van der Waals surface area contributed by atoms with E-state index >= 15 is 0 Å². The van der Waals surface area contributed by atoms with Gasteiger partial charge < -0.3 is 43.2 Å². The standard InChI is InChI=1S/C33H41NO13/c1-7-8-15-42-30(38)26(44-18(3)35)27(45-19(4)36)31(39)43-17(2)29(37)46-22-11-12-33(40)23-16-20-9-10-21(41-6)25-24(20)32(33,28(22)47-25)13-14-34(23)5/h9-11,17,23,26-28,40H,7-8,12-16H2,1-6H3/t17-,23+,26+,27+,28-,32-,33+/m0/s1. The molecule has 7 atom stereocenters. The number of rotatable bonds is 12. The molecule has 4 aliphatic rings. The molecule has 47 heavy (non-hydrogen) atoms. The van der Waals surface area contributed by atoms with Crippen LogP contribution in [0.1, 0.15) is 64.5 Å². The molecule has 256 valence electrons. The van der Waals surface area contributed by atoms with E-state index in [-0.39, 0.29) is 24.8 Å². The summed E-state index contributed by atoms with van der Waals surface area (Å²) < 4.78 is 38.3. The van der Waals surface area contributed by atoms with Crippen molar-refractivity contribution in [2.75, 3.05) is 27.3 Å². The third-order valence-electron chi connectivity index (χ3n) is 9.47. The van der Waals surface area contributed by atoms with Gasteiger partial charge in [0, 0.05) is 31.9 Å². The zero-order valence-corrected chi connectivity index (χ0v) is 27.4. The van der Waals surface area contributed by atoms with Crippen LogP contribution in [0.2, 0.25) is 0 Å². The molecule has 0 aromatic heterocycles. The van der Waals surface area contributed by atoms with Gasteiger partial charge in [-0.1, -0.05) is 19.4 Å². The zero-order chi connectivity index (χ0) is 34.3. The second-order valence-corrected chi connectivity index (χ2v) is 12.4. The van der Waals surface area contributed by atoms with Crippen molar-refractivity contribution in [1.29, 1.82) is 0 Å². The first-order valence-corrected chi connectivity index (χ1v) is 15.7. The Labute approximate surface area is 272 Å². The average Bonchev–Trinajstić information content (AvgIpc) is 3.37. The van der Waals surface area contributed by atoms with Gasteiger partial charge in [-0.25, -0.2) is 14.4 Å². The average molecular weight is 660 g/mol.